The van der Waals surface area contributed by atoms with Crippen molar-refractivity contribution in [1.82, 2.24) is 14.7 Å². The Morgan fingerprint density at radius 3 is 2.63 bits per heavy atom. The average molecular weight is 433 g/mol. The minimum Gasteiger partial charge on any atom is -0.490 e. The van der Waals surface area contributed by atoms with Gasteiger partial charge in [0.15, 0.2) is 0 Å². The number of hydrogen-bond acceptors (Lipinski definition) is 5. The number of imidazole rings is 1. The van der Waals surface area contributed by atoms with Gasteiger partial charge in [0.1, 0.15) is 18.2 Å². The van der Waals surface area contributed by atoms with Crippen molar-refractivity contribution < 1.29 is 13.2 Å². The van der Waals surface area contributed by atoms with Crippen LogP contribution >= 0.6 is 0 Å². The monoisotopic (exact) mass is 432 g/mol. The van der Waals surface area contributed by atoms with Gasteiger partial charge in [0.25, 0.3) is 0 Å². The summed E-state index contributed by atoms with van der Waals surface area (Å²) in [5.74, 6) is 2.22. The number of hydrogen-bond donors (Lipinski definition) is 2. The minimum atomic E-state index is -3.31. The number of sulfonamides is 1. The number of aromatic nitrogens is 2. The minimum absolute atomic E-state index is 0.00897. The lowest BCUT2D eigenvalue weighted by Gasteiger charge is -2.30. The first-order chi connectivity index (χ1) is 14.1. The lowest BCUT2D eigenvalue weighted by Crippen LogP contribution is -2.45. The Bertz CT molecular complexity index is 1000. The summed E-state index contributed by atoms with van der Waals surface area (Å²) in [6, 6.07) is 6.27. The number of aromatic amines is 1. The fraction of sp³-hybridized carbons (Fsp3) is 0.591. The maximum Gasteiger partial charge on any atom is 0.216 e. The number of ether oxygens (including phenoxy) is 1. The molecule has 2 N–H and O–H groups in total. The van der Waals surface area contributed by atoms with Gasteiger partial charge in [-0.1, -0.05) is 6.07 Å². The molecule has 1 aromatic carbocycles. The van der Waals surface area contributed by atoms with Crippen molar-refractivity contribution in [2.24, 2.45) is 0 Å². The Morgan fingerprint density at radius 1 is 1.20 bits per heavy atom. The first-order valence-electron chi connectivity index (χ1n) is 10.7. The van der Waals surface area contributed by atoms with Gasteiger partial charge in [-0.2, -0.15) is 0 Å². The van der Waals surface area contributed by atoms with Gasteiger partial charge in [0.2, 0.25) is 10.0 Å². The highest BCUT2D eigenvalue weighted by Gasteiger charge is 2.33. The molecule has 2 heterocycles. The molecule has 0 saturated heterocycles. The van der Waals surface area contributed by atoms with Crippen LogP contribution in [0.1, 0.15) is 58.2 Å². The lowest BCUT2D eigenvalue weighted by atomic mass is 9.86. The van der Waals surface area contributed by atoms with E-state index < -0.39 is 14.8 Å². The van der Waals surface area contributed by atoms with Crippen LogP contribution in [0.15, 0.2) is 24.4 Å². The average Bonchev–Trinajstić information content (AvgIpc) is 3.17. The topological polar surface area (TPSA) is 87.3 Å². The fourth-order valence-electron chi connectivity index (χ4n) is 4.10. The van der Waals surface area contributed by atoms with Gasteiger partial charge in [-0.15, -0.1) is 0 Å². The van der Waals surface area contributed by atoms with E-state index in [0.29, 0.717) is 12.5 Å². The number of rotatable bonds is 4. The SMILES string of the molecule is CN1CCOc2cc(-c3cnc(C4CCC(NS(=O)(=O)C(C)(C)C)CC4)[nH]3)ccc21. The van der Waals surface area contributed by atoms with Crippen LogP contribution in [0.5, 0.6) is 5.75 Å². The Morgan fingerprint density at radius 2 is 1.93 bits per heavy atom. The summed E-state index contributed by atoms with van der Waals surface area (Å²) < 4.78 is 32.8. The van der Waals surface area contributed by atoms with E-state index in [1.807, 2.05) is 6.20 Å². The Hall–Kier alpha value is -2.06. The molecule has 1 aliphatic carbocycles. The second-order valence-corrected chi connectivity index (χ2v) is 11.9. The van der Waals surface area contributed by atoms with Crippen molar-refractivity contribution in [2.75, 3.05) is 25.1 Å². The molecule has 1 aliphatic heterocycles. The molecule has 4 rings (SSSR count). The Labute approximate surface area is 179 Å². The van der Waals surface area contributed by atoms with Gasteiger partial charge < -0.3 is 14.6 Å². The largest absolute Gasteiger partial charge is 0.490 e. The molecule has 8 heteroatoms. The van der Waals surface area contributed by atoms with E-state index in [1.54, 1.807) is 20.8 Å². The summed E-state index contributed by atoms with van der Waals surface area (Å²) in [7, 11) is -1.24. The van der Waals surface area contributed by atoms with E-state index in [9.17, 15) is 8.42 Å². The summed E-state index contributed by atoms with van der Waals surface area (Å²) in [6.45, 7) is 6.79. The molecule has 1 fully saturated rings. The van der Waals surface area contributed by atoms with E-state index in [2.05, 4.69) is 44.8 Å². The quantitative estimate of drug-likeness (QED) is 0.770. The summed E-state index contributed by atoms with van der Waals surface area (Å²) in [5, 5.41) is 0. The normalized spacial score (nSPS) is 22.5. The highest BCUT2D eigenvalue weighted by atomic mass is 32.2. The van der Waals surface area contributed by atoms with Gasteiger partial charge in [0, 0.05) is 24.6 Å². The molecule has 0 atom stereocenters. The van der Waals surface area contributed by atoms with E-state index in [4.69, 9.17) is 4.74 Å². The first kappa shape index (κ1) is 21.2. The van der Waals surface area contributed by atoms with Crippen molar-refractivity contribution in [2.45, 2.75) is 63.2 Å². The molecule has 164 valence electrons. The van der Waals surface area contributed by atoms with Crippen LogP contribution in [0.25, 0.3) is 11.3 Å². The molecule has 0 spiro atoms. The molecule has 1 aromatic heterocycles. The number of anilines is 1. The number of nitrogens with one attached hydrogen (secondary N) is 2. The smallest absolute Gasteiger partial charge is 0.216 e. The molecular formula is C22H32N4O3S. The lowest BCUT2D eigenvalue weighted by molar-refractivity contribution is 0.311. The molecule has 30 heavy (non-hydrogen) atoms. The second kappa shape index (κ2) is 7.89. The van der Waals surface area contributed by atoms with Gasteiger partial charge in [-0.25, -0.2) is 18.1 Å². The van der Waals surface area contributed by atoms with Gasteiger partial charge in [0.05, 0.1) is 28.9 Å². The van der Waals surface area contributed by atoms with Gasteiger partial charge in [-0.3, -0.25) is 0 Å². The molecule has 0 amide bonds. The van der Waals surface area contributed by atoms with Crippen molar-refractivity contribution in [3.8, 4) is 17.0 Å². The summed E-state index contributed by atoms with van der Waals surface area (Å²) in [5.41, 5.74) is 3.16. The molecule has 0 bridgehead atoms. The number of H-pyrrole nitrogens is 1. The van der Waals surface area contributed by atoms with Crippen LogP contribution < -0.4 is 14.4 Å². The van der Waals surface area contributed by atoms with Crippen LogP contribution in [-0.2, 0) is 10.0 Å². The van der Waals surface area contributed by atoms with Gasteiger partial charge in [-0.05, 0) is 58.6 Å². The van der Waals surface area contributed by atoms with Crippen molar-refractivity contribution in [3.05, 3.63) is 30.2 Å². The maximum absolute atomic E-state index is 12.4. The fourth-order valence-corrected chi connectivity index (χ4v) is 5.13. The highest BCUT2D eigenvalue weighted by Crippen LogP contribution is 2.36. The number of fused-ring (bicyclic) bond motifs is 1. The molecule has 2 aliphatic rings. The second-order valence-electron chi connectivity index (χ2n) is 9.42. The van der Waals surface area contributed by atoms with E-state index in [1.165, 1.54) is 0 Å². The predicted molar refractivity (Wildman–Crippen MR) is 120 cm³/mol. The summed E-state index contributed by atoms with van der Waals surface area (Å²) >= 11 is 0. The Balaban J connectivity index is 1.41. The summed E-state index contributed by atoms with van der Waals surface area (Å²) in [4.78, 5) is 10.3. The molecule has 0 radical (unpaired) electrons. The van der Waals surface area contributed by atoms with Crippen LogP contribution in [0.4, 0.5) is 5.69 Å². The molecular weight excluding hydrogens is 400 g/mol. The number of benzene rings is 1. The van der Waals surface area contributed by atoms with Crippen molar-refractivity contribution >= 4 is 15.7 Å². The zero-order chi connectivity index (χ0) is 21.5. The molecule has 7 nitrogen and oxygen atoms in total. The predicted octanol–water partition coefficient (Wildman–Crippen LogP) is 3.65. The van der Waals surface area contributed by atoms with Crippen molar-refractivity contribution in [3.63, 3.8) is 0 Å². The zero-order valence-electron chi connectivity index (χ0n) is 18.2. The third-order valence-corrected chi connectivity index (χ3v) is 8.46. The van der Waals surface area contributed by atoms with E-state index >= 15 is 0 Å². The van der Waals surface area contributed by atoms with E-state index in [-0.39, 0.29) is 6.04 Å². The van der Waals surface area contributed by atoms with E-state index in [0.717, 1.165) is 60.7 Å². The molecule has 1 saturated carbocycles. The standard InChI is InChI=1S/C22H32N4O3S/c1-22(2,3)30(27,28)25-17-8-5-15(6-9-17)21-23-14-18(24-21)16-7-10-19-20(13-16)29-12-11-26(19)4/h7,10,13-15,17,25H,5-6,8-9,11-12H2,1-4H3,(H,23,24). The molecule has 0 unspecified atom stereocenters. The van der Waals surface area contributed by atoms with Crippen LogP contribution in [0, 0.1) is 0 Å². The number of nitrogens with zero attached hydrogens (tertiary/aromatic N) is 2. The third-order valence-electron chi connectivity index (χ3n) is 6.20. The van der Waals surface area contributed by atoms with Crippen LogP contribution in [-0.4, -0.2) is 49.4 Å². The molecule has 2 aromatic rings. The third kappa shape index (κ3) is 4.21. The summed E-state index contributed by atoms with van der Waals surface area (Å²) in [6.07, 6.45) is 5.38. The number of likely N-dealkylation sites (N-methyl/N-ethyl adjacent to an activating group) is 1. The zero-order valence-corrected chi connectivity index (χ0v) is 19.1. The van der Waals surface area contributed by atoms with Crippen LogP contribution in [0.3, 0.4) is 0 Å². The highest BCUT2D eigenvalue weighted by molar-refractivity contribution is 7.90. The first-order valence-corrected chi connectivity index (χ1v) is 12.2. The van der Waals surface area contributed by atoms with Crippen LogP contribution in [0.2, 0.25) is 0 Å². The maximum atomic E-state index is 12.4. The van der Waals surface area contributed by atoms with Crippen molar-refractivity contribution in [1.29, 1.82) is 0 Å². The van der Waals surface area contributed by atoms with Gasteiger partial charge >= 0.3 is 0 Å². The Kier molecular flexibility index (Phi) is 5.57.